The Kier molecular flexibility index (Phi) is 11.1. The number of carbonyl (C=O) groups is 5. The van der Waals surface area contributed by atoms with E-state index in [2.05, 4.69) is 15.5 Å². The third-order valence-electron chi connectivity index (χ3n) is 12.1. The van der Waals surface area contributed by atoms with E-state index in [0.717, 1.165) is 0 Å². The van der Waals surface area contributed by atoms with Gasteiger partial charge in [0.15, 0.2) is 11.6 Å². The highest BCUT2D eigenvalue weighted by molar-refractivity contribution is 6.31. The molecule has 12 nitrogen and oxygen atoms in total. The summed E-state index contributed by atoms with van der Waals surface area (Å²) in [4.78, 5) is 67.6. The number of ether oxygens (including phenoxy) is 2. The molecule has 304 valence electrons. The van der Waals surface area contributed by atoms with Gasteiger partial charge in [0.05, 0.1) is 29.0 Å². The predicted molar refractivity (Wildman–Crippen MR) is 209 cm³/mol. The van der Waals surface area contributed by atoms with Gasteiger partial charge in [-0.2, -0.15) is 5.26 Å². The van der Waals surface area contributed by atoms with Crippen molar-refractivity contribution in [3.8, 4) is 17.6 Å². The zero-order valence-electron chi connectivity index (χ0n) is 32.6. The lowest BCUT2D eigenvalue weighted by molar-refractivity contribution is -0.164. The number of carbonyl (C=O) groups excluding carboxylic acids is 5. The number of Topliss-reactive ketones (excluding diaryl/α,β-unsaturated/α-hetero) is 2. The Balaban J connectivity index is 0.882. The van der Waals surface area contributed by atoms with E-state index < -0.39 is 75.2 Å². The van der Waals surface area contributed by atoms with Crippen LogP contribution in [0, 0.1) is 45.6 Å². The van der Waals surface area contributed by atoms with Gasteiger partial charge in [-0.15, -0.1) is 0 Å². The van der Waals surface area contributed by atoms with E-state index in [0.29, 0.717) is 68.5 Å². The molecule has 2 aliphatic heterocycles. The molecular formula is C43H44ClF2N5O7. The van der Waals surface area contributed by atoms with Gasteiger partial charge in [0.2, 0.25) is 11.8 Å². The summed E-state index contributed by atoms with van der Waals surface area (Å²) >= 11 is 6.19. The number of hydrogen-bond acceptors (Lipinski definition) is 10. The molecule has 4 aliphatic rings. The number of hydrogen-bond donors (Lipinski definition) is 2. The Morgan fingerprint density at radius 2 is 1.59 bits per heavy atom. The van der Waals surface area contributed by atoms with E-state index in [1.165, 1.54) is 18.2 Å². The molecule has 1 saturated carbocycles. The van der Waals surface area contributed by atoms with Crippen molar-refractivity contribution in [1.82, 2.24) is 15.5 Å². The average molecular weight is 816 g/mol. The van der Waals surface area contributed by atoms with Gasteiger partial charge in [-0.1, -0.05) is 39.3 Å². The van der Waals surface area contributed by atoms with Crippen LogP contribution in [-0.2, 0) is 9.59 Å². The minimum Gasteiger partial charge on any atom is -0.494 e. The molecule has 0 aromatic heterocycles. The van der Waals surface area contributed by atoms with Crippen molar-refractivity contribution >= 4 is 46.6 Å². The number of fused-ring (bicyclic) bond motifs is 1. The molecule has 3 aromatic rings. The highest BCUT2D eigenvalue weighted by Crippen LogP contribution is 2.55. The summed E-state index contributed by atoms with van der Waals surface area (Å²) in [7, 11) is 0. The van der Waals surface area contributed by atoms with Crippen molar-refractivity contribution < 1.29 is 42.2 Å². The van der Waals surface area contributed by atoms with Gasteiger partial charge in [0.25, 0.3) is 5.91 Å². The number of piperazine rings is 1. The summed E-state index contributed by atoms with van der Waals surface area (Å²) < 4.78 is 43.2. The molecule has 3 aromatic carbocycles. The molecule has 3 fully saturated rings. The quantitative estimate of drug-likeness (QED) is 0.139. The third-order valence-corrected chi connectivity index (χ3v) is 12.4. The number of benzene rings is 3. The van der Waals surface area contributed by atoms with Crippen molar-refractivity contribution in [3.05, 3.63) is 87.4 Å². The lowest BCUT2D eigenvalue weighted by atomic mass is 9.49. The van der Waals surface area contributed by atoms with Crippen LogP contribution in [0.1, 0.15) is 83.6 Å². The van der Waals surface area contributed by atoms with Gasteiger partial charge >= 0.3 is 0 Å². The summed E-state index contributed by atoms with van der Waals surface area (Å²) in [5.41, 5.74) is -0.752. The summed E-state index contributed by atoms with van der Waals surface area (Å²) in [6.45, 7) is 10.9. The van der Waals surface area contributed by atoms with E-state index in [9.17, 15) is 29.2 Å². The van der Waals surface area contributed by atoms with E-state index in [1.54, 1.807) is 30.3 Å². The van der Waals surface area contributed by atoms with E-state index in [4.69, 9.17) is 21.1 Å². The second-order valence-electron chi connectivity index (χ2n) is 16.6. The highest BCUT2D eigenvalue weighted by atomic mass is 35.5. The largest absolute Gasteiger partial charge is 0.494 e. The smallest absolute Gasteiger partial charge is 0.257 e. The first-order valence-corrected chi connectivity index (χ1v) is 19.7. The number of halogens is 3. The zero-order valence-corrected chi connectivity index (χ0v) is 33.4. The minimum absolute atomic E-state index is 0.0792. The van der Waals surface area contributed by atoms with Crippen molar-refractivity contribution in [2.24, 2.45) is 22.7 Å². The lowest BCUT2D eigenvalue weighted by Gasteiger charge is -2.63. The van der Waals surface area contributed by atoms with E-state index in [1.807, 2.05) is 38.7 Å². The fourth-order valence-corrected chi connectivity index (χ4v) is 9.56. The zero-order chi connectivity index (χ0) is 41.7. The Bertz CT molecular complexity index is 2210. The first-order valence-electron chi connectivity index (χ1n) is 19.3. The van der Waals surface area contributed by atoms with Gasteiger partial charge in [-0.3, -0.25) is 34.2 Å². The van der Waals surface area contributed by atoms with E-state index in [-0.39, 0.29) is 35.1 Å². The second kappa shape index (κ2) is 15.8. The number of amides is 3. The molecule has 2 atom stereocenters. The molecule has 3 amide bonds. The molecule has 0 bridgehead atoms. The standard InChI is InChI=1S/C43H44ClF2N5O7/c1-42(2)40(43(3,4)41(42)58-26-7-6-23(22-47)30(44)21-26)49-39(56)35-31(45)18-24(19-32(35)46)51-15-13-50(14-16-51)12-5-17-57-25-8-9-27-29(20-25)37(54)34(36(27)53)28-10-11-33(52)48-38(28)55/h6-9,18-21,28,34,40-41H,5,10-17H2,1-4H3,(H,49,56)(H,48,52,55)/t28?,34?,40-,41-. The number of nitrogens with one attached hydrogen (secondary N) is 2. The van der Waals surface area contributed by atoms with Crippen LogP contribution in [0.15, 0.2) is 48.5 Å². The third kappa shape index (κ3) is 7.53. The maximum absolute atomic E-state index is 15.5. The Morgan fingerprint density at radius 1 is 0.931 bits per heavy atom. The topological polar surface area (TPSA) is 158 Å². The number of piperidine rings is 1. The van der Waals surface area contributed by atoms with Gasteiger partial charge in [-0.05, 0) is 55.3 Å². The summed E-state index contributed by atoms with van der Waals surface area (Å²) in [6.07, 6.45) is 0.497. The predicted octanol–water partition coefficient (Wildman–Crippen LogP) is 5.74. The maximum Gasteiger partial charge on any atom is 0.257 e. The summed E-state index contributed by atoms with van der Waals surface area (Å²) in [6, 6.07) is 13.4. The number of imide groups is 1. The monoisotopic (exact) mass is 815 g/mol. The van der Waals surface area contributed by atoms with Crippen LogP contribution in [-0.4, -0.2) is 85.7 Å². The first-order chi connectivity index (χ1) is 27.5. The van der Waals surface area contributed by atoms with Crippen LogP contribution < -0.4 is 25.0 Å². The Morgan fingerprint density at radius 3 is 2.22 bits per heavy atom. The molecule has 15 heteroatoms. The number of nitriles is 1. The van der Waals surface area contributed by atoms with Crippen LogP contribution in [0.25, 0.3) is 0 Å². The van der Waals surface area contributed by atoms with Crippen LogP contribution in [0.4, 0.5) is 14.5 Å². The van der Waals surface area contributed by atoms with E-state index >= 15 is 8.78 Å². The lowest BCUT2D eigenvalue weighted by Crippen LogP contribution is -2.74. The molecule has 0 radical (unpaired) electrons. The first kappa shape index (κ1) is 40.8. The molecule has 0 spiro atoms. The molecule has 7 rings (SSSR count). The molecule has 2 aliphatic carbocycles. The highest BCUT2D eigenvalue weighted by Gasteiger charge is 2.64. The molecule has 2 unspecified atom stereocenters. The number of anilines is 1. The van der Waals surface area contributed by atoms with Crippen LogP contribution >= 0.6 is 11.6 Å². The van der Waals surface area contributed by atoms with Gasteiger partial charge < -0.3 is 19.7 Å². The fraction of sp³-hybridized carbons (Fsp3) is 0.442. The summed E-state index contributed by atoms with van der Waals surface area (Å²) in [5, 5.41) is 14.5. The molecule has 2 saturated heterocycles. The Hall–Kier alpha value is -5.39. The van der Waals surface area contributed by atoms with Crippen molar-refractivity contribution in [2.45, 2.75) is 59.1 Å². The fourth-order valence-electron chi connectivity index (χ4n) is 9.35. The molecule has 58 heavy (non-hydrogen) atoms. The van der Waals surface area contributed by atoms with Crippen LogP contribution in [0.5, 0.6) is 11.5 Å². The Labute approximate surface area is 339 Å². The maximum atomic E-state index is 15.5. The number of rotatable bonds is 11. The minimum atomic E-state index is -1.14. The van der Waals surface area contributed by atoms with Gasteiger partial charge in [0.1, 0.15) is 40.9 Å². The average Bonchev–Trinajstić information content (AvgIpc) is 3.42. The number of ketones is 2. The normalized spacial score (nSPS) is 23.7. The van der Waals surface area contributed by atoms with Crippen molar-refractivity contribution in [2.75, 3.05) is 44.2 Å². The van der Waals surface area contributed by atoms with Crippen LogP contribution in [0.2, 0.25) is 5.02 Å². The number of nitrogens with zero attached hydrogens (tertiary/aromatic N) is 3. The summed E-state index contributed by atoms with van der Waals surface area (Å²) in [5.74, 6) is -5.74. The van der Waals surface area contributed by atoms with Gasteiger partial charge in [0, 0.05) is 78.9 Å². The molecule has 2 N–H and O–H groups in total. The SMILES string of the molecule is CC1(C)[C@H](NC(=O)c2c(F)cc(N3CCN(CCCOc4ccc5c(c4)C(=O)C(C4CCC(=O)NC4=O)C5=O)CC3)cc2F)C(C)(C)[C@H]1Oc1ccc(C#N)c(Cl)c1. The van der Waals surface area contributed by atoms with Crippen molar-refractivity contribution in [1.29, 1.82) is 5.26 Å². The van der Waals surface area contributed by atoms with Gasteiger partial charge in [-0.25, -0.2) is 8.78 Å². The molecule has 2 heterocycles. The second-order valence-corrected chi connectivity index (χ2v) is 17.0. The molecular weight excluding hydrogens is 772 g/mol. The van der Waals surface area contributed by atoms with Crippen LogP contribution in [0.3, 0.4) is 0 Å². The van der Waals surface area contributed by atoms with Crippen molar-refractivity contribution in [3.63, 3.8) is 0 Å².